The highest BCUT2D eigenvalue weighted by atomic mass is 79.9. The molecule has 0 aromatic heterocycles. The van der Waals surface area contributed by atoms with Crippen molar-refractivity contribution in [3.8, 4) is 0 Å². The highest BCUT2D eigenvalue weighted by molar-refractivity contribution is 9.10. The fourth-order valence-electron chi connectivity index (χ4n) is 2.60. The summed E-state index contributed by atoms with van der Waals surface area (Å²) >= 11 is 8.54. The zero-order valence-corrected chi connectivity index (χ0v) is 17.9. The summed E-state index contributed by atoms with van der Waals surface area (Å²) in [7, 11) is 0. The molecule has 5 nitrogen and oxygen atoms in total. The number of thiocarbonyl (C=S) groups is 1. The van der Waals surface area contributed by atoms with Crippen molar-refractivity contribution in [2.75, 3.05) is 10.6 Å². The number of carbonyl (C=O) groups excluding carboxylic acids is 2. The average molecular weight is 468 g/mol. The van der Waals surface area contributed by atoms with Crippen molar-refractivity contribution < 1.29 is 9.59 Å². The second kappa shape index (κ2) is 9.45. The lowest BCUT2D eigenvalue weighted by Gasteiger charge is -2.11. The summed E-state index contributed by atoms with van der Waals surface area (Å²) in [5.41, 5.74) is 3.35. The Morgan fingerprint density at radius 1 is 0.793 bits per heavy atom. The fraction of sp³-hybridized carbons (Fsp3) is 0.0455. The number of carbonyl (C=O) groups is 2. The van der Waals surface area contributed by atoms with Gasteiger partial charge in [0.25, 0.3) is 11.8 Å². The SMILES string of the molecule is Cc1cccc(NC(=O)c2cccc(NC(=S)NC(=O)c3ccc(Br)cc3)c2)c1. The Balaban J connectivity index is 1.63. The van der Waals surface area contributed by atoms with Gasteiger partial charge in [-0.15, -0.1) is 0 Å². The van der Waals surface area contributed by atoms with Crippen LogP contribution in [0.5, 0.6) is 0 Å². The molecule has 0 bridgehead atoms. The van der Waals surface area contributed by atoms with Gasteiger partial charge in [0.2, 0.25) is 0 Å². The summed E-state index contributed by atoms with van der Waals surface area (Å²) in [6.07, 6.45) is 0. The molecular formula is C22H18BrN3O2S. The molecular weight excluding hydrogens is 450 g/mol. The van der Waals surface area contributed by atoms with Crippen molar-refractivity contribution >= 4 is 56.4 Å². The molecule has 0 saturated heterocycles. The molecule has 0 saturated carbocycles. The third-order valence-electron chi connectivity index (χ3n) is 3.99. The summed E-state index contributed by atoms with van der Waals surface area (Å²) in [6.45, 7) is 1.96. The van der Waals surface area contributed by atoms with Crippen LogP contribution in [0.25, 0.3) is 0 Å². The lowest BCUT2D eigenvalue weighted by molar-refractivity contribution is 0.0976. The maximum atomic E-state index is 12.5. The maximum Gasteiger partial charge on any atom is 0.257 e. The number of amides is 2. The van der Waals surface area contributed by atoms with Crippen LogP contribution < -0.4 is 16.0 Å². The fourth-order valence-corrected chi connectivity index (χ4v) is 3.08. The number of halogens is 1. The Morgan fingerprint density at radius 2 is 1.45 bits per heavy atom. The van der Waals surface area contributed by atoms with Crippen LogP contribution in [-0.4, -0.2) is 16.9 Å². The van der Waals surface area contributed by atoms with Gasteiger partial charge in [-0.25, -0.2) is 0 Å². The molecule has 0 aliphatic carbocycles. The number of hydrogen-bond acceptors (Lipinski definition) is 3. The van der Waals surface area contributed by atoms with Gasteiger partial charge in [0.1, 0.15) is 0 Å². The molecule has 3 aromatic carbocycles. The van der Waals surface area contributed by atoms with E-state index in [9.17, 15) is 9.59 Å². The molecule has 0 aliphatic heterocycles. The molecule has 2 amide bonds. The molecule has 3 aromatic rings. The van der Waals surface area contributed by atoms with Gasteiger partial charge in [-0.1, -0.05) is 34.1 Å². The third-order valence-corrected chi connectivity index (χ3v) is 4.72. The Bertz CT molecular complexity index is 1070. The van der Waals surface area contributed by atoms with Crippen LogP contribution in [0.1, 0.15) is 26.3 Å². The van der Waals surface area contributed by atoms with E-state index in [0.29, 0.717) is 16.8 Å². The van der Waals surface area contributed by atoms with Gasteiger partial charge in [0, 0.05) is 27.0 Å². The van der Waals surface area contributed by atoms with Crippen LogP contribution >= 0.6 is 28.1 Å². The largest absolute Gasteiger partial charge is 0.332 e. The number of benzene rings is 3. The quantitative estimate of drug-likeness (QED) is 0.464. The molecule has 29 heavy (non-hydrogen) atoms. The summed E-state index contributed by atoms with van der Waals surface area (Å²) in [5, 5.41) is 8.57. The van der Waals surface area contributed by atoms with Gasteiger partial charge in [-0.05, 0) is 79.3 Å². The predicted molar refractivity (Wildman–Crippen MR) is 123 cm³/mol. The predicted octanol–water partition coefficient (Wildman–Crippen LogP) is 5.14. The summed E-state index contributed by atoms with van der Waals surface area (Å²) in [4.78, 5) is 24.8. The van der Waals surface area contributed by atoms with E-state index >= 15 is 0 Å². The summed E-state index contributed by atoms with van der Waals surface area (Å²) < 4.78 is 0.885. The van der Waals surface area contributed by atoms with Crippen LogP contribution in [0.3, 0.4) is 0 Å². The number of aryl methyl sites for hydroxylation is 1. The lowest BCUT2D eigenvalue weighted by atomic mass is 10.1. The molecule has 3 N–H and O–H groups in total. The molecule has 0 aliphatic rings. The number of nitrogens with one attached hydrogen (secondary N) is 3. The van der Waals surface area contributed by atoms with Crippen molar-refractivity contribution in [2.24, 2.45) is 0 Å². The first kappa shape index (κ1) is 20.7. The average Bonchev–Trinajstić information content (AvgIpc) is 2.68. The lowest BCUT2D eigenvalue weighted by Crippen LogP contribution is -2.34. The Kier molecular flexibility index (Phi) is 6.74. The minimum absolute atomic E-state index is 0.147. The van der Waals surface area contributed by atoms with Crippen molar-refractivity contribution in [1.29, 1.82) is 0 Å². The van der Waals surface area contributed by atoms with E-state index in [4.69, 9.17) is 12.2 Å². The summed E-state index contributed by atoms with van der Waals surface area (Å²) in [5.74, 6) is -0.549. The standard InChI is InChI=1S/C22H18BrN3O2S/c1-14-4-2-6-18(12-14)24-21(28)16-5-3-7-19(13-16)25-22(29)26-20(27)15-8-10-17(23)11-9-15/h2-13H,1H3,(H,24,28)(H2,25,26,27,29). The van der Waals surface area contributed by atoms with Gasteiger partial charge in [-0.2, -0.15) is 0 Å². The minimum atomic E-state index is -0.316. The zero-order chi connectivity index (χ0) is 20.8. The highest BCUT2D eigenvalue weighted by Crippen LogP contribution is 2.15. The monoisotopic (exact) mass is 467 g/mol. The van der Waals surface area contributed by atoms with Gasteiger partial charge in [0.15, 0.2) is 5.11 Å². The maximum absolute atomic E-state index is 12.5. The Hall–Kier alpha value is -3.03. The molecule has 146 valence electrons. The molecule has 7 heteroatoms. The molecule has 0 unspecified atom stereocenters. The van der Waals surface area contributed by atoms with Crippen LogP contribution in [0.2, 0.25) is 0 Å². The smallest absolute Gasteiger partial charge is 0.257 e. The second-order valence-corrected chi connectivity index (χ2v) is 7.64. The van der Waals surface area contributed by atoms with E-state index in [2.05, 4.69) is 31.9 Å². The first-order valence-corrected chi connectivity index (χ1v) is 9.97. The normalized spacial score (nSPS) is 10.1. The molecule has 3 rings (SSSR count). The van der Waals surface area contributed by atoms with Crippen LogP contribution in [0.4, 0.5) is 11.4 Å². The topological polar surface area (TPSA) is 70.2 Å². The molecule has 0 radical (unpaired) electrons. The van der Waals surface area contributed by atoms with E-state index in [1.807, 2.05) is 31.2 Å². The number of rotatable bonds is 4. The van der Waals surface area contributed by atoms with Gasteiger partial charge in [-0.3, -0.25) is 14.9 Å². The minimum Gasteiger partial charge on any atom is -0.332 e. The van der Waals surface area contributed by atoms with Crippen molar-refractivity contribution in [3.05, 3.63) is 94.0 Å². The summed E-state index contributed by atoms with van der Waals surface area (Å²) in [6, 6.07) is 21.4. The Morgan fingerprint density at radius 3 is 2.14 bits per heavy atom. The van der Waals surface area contributed by atoms with Crippen molar-refractivity contribution in [3.63, 3.8) is 0 Å². The van der Waals surface area contributed by atoms with Crippen molar-refractivity contribution in [2.45, 2.75) is 6.92 Å². The third kappa shape index (κ3) is 5.97. The number of hydrogen-bond donors (Lipinski definition) is 3. The molecule has 0 spiro atoms. The van der Waals surface area contributed by atoms with Gasteiger partial charge in [0.05, 0.1) is 0 Å². The van der Waals surface area contributed by atoms with Crippen molar-refractivity contribution in [1.82, 2.24) is 5.32 Å². The van der Waals surface area contributed by atoms with E-state index < -0.39 is 0 Å². The van der Waals surface area contributed by atoms with Crippen LogP contribution in [0, 0.1) is 6.92 Å². The molecule has 0 fully saturated rings. The second-order valence-electron chi connectivity index (χ2n) is 6.32. The van der Waals surface area contributed by atoms with Crippen LogP contribution in [-0.2, 0) is 0 Å². The molecule has 0 atom stereocenters. The Labute approximate surface area is 182 Å². The highest BCUT2D eigenvalue weighted by Gasteiger charge is 2.10. The molecule has 0 heterocycles. The first-order valence-electron chi connectivity index (χ1n) is 8.77. The first-order chi connectivity index (χ1) is 13.9. The van der Waals surface area contributed by atoms with E-state index in [1.54, 1.807) is 48.5 Å². The van der Waals surface area contributed by atoms with E-state index in [0.717, 1.165) is 15.7 Å². The van der Waals surface area contributed by atoms with E-state index in [-0.39, 0.29) is 16.9 Å². The van der Waals surface area contributed by atoms with Crippen LogP contribution in [0.15, 0.2) is 77.3 Å². The van der Waals surface area contributed by atoms with E-state index in [1.165, 1.54) is 0 Å². The van der Waals surface area contributed by atoms with Gasteiger partial charge >= 0.3 is 0 Å². The number of anilines is 2. The van der Waals surface area contributed by atoms with Gasteiger partial charge < -0.3 is 10.6 Å². The zero-order valence-electron chi connectivity index (χ0n) is 15.5.